The van der Waals surface area contributed by atoms with Crippen molar-refractivity contribution in [2.24, 2.45) is 10.9 Å². The van der Waals surface area contributed by atoms with E-state index in [2.05, 4.69) is 38.4 Å². The van der Waals surface area contributed by atoms with Crippen LogP contribution < -0.4 is 21.3 Å². The van der Waals surface area contributed by atoms with Gasteiger partial charge in [0.25, 0.3) is 0 Å². The van der Waals surface area contributed by atoms with Crippen molar-refractivity contribution in [3.05, 3.63) is 52.9 Å². The summed E-state index contributed by atoms with van der Waals surface area (Å²) in [5.41, 5.74) is 4.27. The SMILES string of the molecule is CNC1(C)NC(=NC2CCC(CNCc3cn[nH]c3-c3ccc(C(F)(F)F)cc3)CC2)NC2=C1CCCC2. The first kappa shape index (κ1) is 26.7. The van der Waals surface area contributed by atoms with Crippen LogP contribution in [0.4, 0.5) is 13.2 Å². The summed E-state index contributed by atoms with van der Waals surface area (Å²) in [5.74, 6) is 1.47. The number of nitrogens with one attached hydrogen (secondary N) is 5. The third-order valence-corrected chi connectivity index (χ3v) is 8.30. The van der Waals surface area contributed by atoms with Gasteiger partial charge in [-0.3, -0.25) is 10.4 Å². The molecule has 3 aliphatic rings. The van der Waals surface area contributed by atoms with Crippen LogP contribution in [0, 0.1) is 5.92 Å². The maximum absolute atomic E-state index is 12.9. The average Bonchev–Trinajstić information content (AvgIpc) is 3.38. The van der Waals surface area contributed by atoms with Crippen LogP contribution in [0.1, 0.15) is 69.4 Å². The average molecular weight is 530 g/mol. The third kappa shape index (κ3) is 5.91. The van der Waals surface area contributed by atoms with Crippen molar-refractivity contribution in [1.82, 2.24) is 31.5 Å². The molecule has 38 heavy (non-hydrogen) atoms. The number of guanidine groups is 1. The van der Waals surface area contributed by atoms with E-state index in [4.69, 9.17) is 4.99 Å². The number of nitrogens with zero attached hydrogens (tertiary/aromatic N) is 2. The van der Waals surface area contributed by atoms with Gasteiger partial charge in [-0.25, -0.2) is 4.99 Å². The molecule has 7 nitrogen and oxygen atoms in total. The number of halogens is 3. The topological polar surface area (TPSA) is 89.2 Å². The lowest BCUT2D eigenvalue weighted by Crippen LogP contribution is -2.64. The van der Waals surface area contributed by atoms with Crippen LogP contribution in [-0.2, 0) is 12.7 Å². The minimum absolute atomic E-state index is 0.243. The first-order valence-corrected chi connectivity index (χ1v) is 13.7. The molecule has 1 aliphatic heterocycles. The molecule has 0 saturated heterocycles. The van der Waals surface area contributed by atoms with Crippen molar-refractivity contribution in [2.75, 3.05) is 13.6 Å². The maximum atomic E-state index is 12.9. The van der Waals surface area contributed by atoms with Gasteiger partial charge in [0.1, 0.15) is 5.66 Å². The highest BCUT2D eigenvalue weighted by Gasteiger charge is 2.36. The fourth-order valence-electron chi connectivity index (χ4n) is 5.95. The molecule has 2 aromatic rings. The summed E-state index contributed by atoms with van der Waals surface area (Å²) in [6.07, 6.45) is 6.41. The Kier molecular flexibility index (Phi) is 7.81. The van der Waals surface area contributed by atoms with Crippen molar-refractivity contribution in [2.45, 2.75) is 82.7 Å². The summed E-state index contributed by atoms with van der Waals surface area (Å²) < 4.78 is 38.7. The largest absolute Gasteiger partial charge is 0.416 e. The Labute approximate surface area is 222 Å². The van der Waals surface area contributed by atoms with Crippen LogP contribution >= 0.6 is 0 Å². The summed E-state index contributed by atoms with van der Waals surface area (Å²) >= 11 is 0. The number of aliphatic imine (C=N–C) groups is 1. The molecule has 1 saturated carbocycles. The lowest BCUT2D eigenvalue weighted by Gasteiger charge is -2.43. The normalized spacial score (nSPS) is 27.1. The van der Waals surface area contributed by atoms with E-state index in [1.54, 1.807) is 6.20 Å². The highest BCUT2D eigenvalue weighted by molar-refractivity contribution is 5.84. The Bertz CT molecular complexity index is 1160. The van der Waals surface area contributed by atoms with E-state index in [1.165, 1.54) is 36.2 Å². The lowest BCUT2D eigenvalue weighted by atomic mass is 9.85. The fourth-order valence-corrected chi connectivity index (χ4v) is 5.95. The number of allylic oxidation sites excluding steroid dienone is 1. The molecule has 0 radical (unpaired) electrons. The minimum Gasteiger partial charge on any atom is -0.335 e. The number of hydrogen-bond donors (Lipinski definition) is 5. The second-order valence-electron chi connectivity index (χ2n) is 10.9. The van der Waals surface area contributed by atoms with Crippen LogP contribution in [0.3, 0.4) is 0 Å². The highest BCUT2D eigenvalue weighted by Crippen LogP contribution is 2.33. The second kappa shape index (κ2) is 11.1. The molecule has 1 aromatic heterocycles. The van der Waals surface area contributed by atoms with Crippen molar-refractivity contribution in [3.8, 4) is 11.3 Å². The molecule has 10 heteroatoms. The van der Waals surface area contributed by atoms with Crippen molar-refractivity contribution >= 4 is 5.96 Å². The van der Waals surface area contributed by atoms with Gasteiger partial charge in [0.2, 0.25) is 0 Å². The van der Waals surface area contributed by atoms with Gasteiger partial charge in [-0.2, -0.15) is 18.3 Å². The van der Waals surface area contributed by atoms with Gasteiger partial charge in [0.15, 0.2) is 5.96 Å². The molecule has 1 fully saturated rings. The minimum atomic E-state index is -4.34. The molecule has 5 N–H and O–H groups in total. The van der Waals surface area contributed by atoms with E-state index in [0.29, 0.717) is 24.1 Å². The molecule has 206 valence electrons. The summed E-state index contributed by atoms with van der Waals surface area (Å²) in [5, 5.41) is 21.2. The summed E-state index contributed by atoms with van der Waals surface area (Å²) in [6, 6.07) is 5.51. The predicted octanol–water partition coefficient (Wildman–Crippen LogP) is 5.06. The number of benzene rings is 1. The Morgan fingerprint density at radius 1 is 1.08 bits per heavy atom. The van der Waals surface area contributed by atoms with E-state index in [-0.39, 0.29) is 5.66 Å². The van der Waals surface area contributed by atoms with Gasteiger partial charge in [-0.15, -0.1) is 0 Å². The molecule has 0 bridgehead atoms. The molecule has 1 atom stereocenters. The van der Waals surface area contributed by atoms with E-state index < -0.39 is 11.7 Å². The molecule has 5 rings (SSSR count). The smallest absolute Gasteiger partial charge is 0.335 e. The van der Waals surface area contributed by atoms with E-state index in [1.807, 2.05) is 7.05 Å². The molecular formula is C28H38F3N7. The predicted molar refractivity (Wildman–Crippen MR) is 143 cm³/mol. The molecular weight excluding hydrogens is 491 g/mol. The lowest BCUT2D eigenvalue weighted by molar-refractivity contribution is -0.137. The van der Waals surface area contributed by atoms with Crippen molar-refractivity contribution < 1.29 is 13.2 Å². The van der Waals surface area contributed by atoms with E-state index in [9.17, 15) is 13.2 Å². The number of rotatable bonds is 7. The number of alkyl halides is 3. The fraction of sp³-hybridized carbons (Fsp3) is 0.571. The van der Waals surface area contributed by atoms with Gasteiger partial charge in [0, 0.05) is 17.8 Å². The first-order chi connectivity index (χ1) is 18.2. The Morgan fingerprint density at radius 2 is 1.82 bits per heavy atom. The zero-order chi connectivity index (χ0) is 26.8. The van der Waals surface area contributed by atoms with Gasteiger partial charge in [-0.1, -0.05) is 12.1 Å². The third-order valence-electron chi connectivity index (χ3n) is 8.30. The van der Waals surface area contributed by atoms with Crippen LogP contribution in [0.25, 0.3) is 11.3 Å². The van der Waals surface area contributed by atoms with Crippen molar-refractivity contribution in [1.29, 1.82) is 0 Å². The zero-order valence-corrected chi connectivity index (χ0v) is 22.1. The molecule has 2 heterocycles. The monoisotopic (exact) mass is 529 g/mol. The molecule has 2 aliphatic carbocycles. The first-order valence-electron chi connectivity index (χ1n) is 13.7. The van der Waals surface area contributed by atoms with Crippen LogP contribution in [-0.4, -0.2) is 41.5 Å². The van der Waals surface area contributed by atoms with Gasteiger partial charge < -0.3 is 16.0 Å². The van der Waals surface area contributed by atoms with Gasteiger partial charge in [0.05, 0.1) is 23.5 Å². The molecule has 0 amide bonds. The van der Waals surface area contributed by atoms with Gasteiger partial charge >= 0.3 is 6.18 Å². The molecule has 1 aromatic carbocycles. The van der Waals surface area contributed by atoms with Crippen LogP contribution in [0.5, 0.6) is 0 Å². The summed E-state index contributed by atoms with van der Waals surface area (Å²) in [4.78, 5) is 5.07. The quantitative estimate of drug-likeness (QED) is 0.346. The number of H-pyrrole nitrogens is 1. The maximum Gasteiger partial charge on any atom is 0.416 e. The Hall–Kier alpha value is -2.85. The Balaban J connectivity index is 1.11. The second-order valence-corrected chi connectivity index (χ2v) is 10.9. The van der Waals surface area contributed by atoms with E-state index >= 15 is 0 Å². The number of likely N-dealkylation sites (N-methyl/N-ethyl adjacent to an activating group) is 1. The Morgan fingerprint density at radius 3 is 2.53 bits per heavy atom. The van der Waals surface area contributed by atoms with Crippen LogP contribution in [0.15, 0.2) is 46.7 Å². The van der Waals surface area contributed by atoms with Crippen molar-refractivity contribution in [3.63, 3.8) is 0 Å². The number of aromatic amines is 1. The summed E-state index contributed by atoms with van der Waals surface area (Å²) in [7, 11) is 2.00. The molecule has 0 spiro atoms. The van der Waals surface area contributed by atoms with E-state index in [0.717, 1.165) is 74.4 Å². The zero-order valence-electron chi connectivity index (χ0n) is 22.1. The summed E-state index contributed by atoms with van der Waals surface area (Å²) in [6.45, 7) is 3.71. The number of hydrogen-bond acceptors (Lipinski definition) is 4. The highest BCUT2D eigenvalue weighted by atomic mass is 19.4. The number of aromatic nitrogens is 2. The standard InChI is InChI=1S/C28H38F3N7/c1-27(32-2)23-5-3-4-6-24(23)36-26(37-27)35-22-13-7-18(8-14-22)15-33-16-20-17-34-38-25(20)19-9-11-21(12-10-19)28(29,30)31/h9-12,17-18,22,32-33H,3-8,13-16H2,1-2H3,(H,34,38)(H2,35,36,37). The molecule has 1 unspecified atom stereocenters. The van der Waals surface area contributed by atoms with Crippen LogP contribution in [0.2, 0.25) is 0 Å². The van der Waals surface area contributed by atoms with Gasteiger partial charge in [-0.05, 0) is 101 Å².